The van der Waals surface area contributed by atoms with Crippen molar-refractivity contribution in [1.29, 1.82) is 0 Å². The van der Waals surface area contributed by atoms with Gasteiger partial charge in [-0.3, -0.25) is 14.3 Å². The number of methoxy groups -OCH3 is 1. The first-order valence-corrected chi connectivity index (χ1v) is 9.74. The number of anilines is 1. The number of aromatic nitrogens is 2. The minimum Gasteiger partial charge on any atom is -0.495 e. The van der Waals surface area contributed by atoms with Gasteiger partial charge in [0.1, 0.15) is 22.2 Å². The van der Waals surface area contributed by atoms with E-state index in [0.717, 1.165) is 37.6 Å². The number of rotatable bonds is 5. The van der Waals surface area contributed by atoms with Crippen LogP contribution in [0.2, 0.25) is 0 Å². The van der Waals surface area contributed by atoms with Crippen molar-refractivity contribution in [2.45, 2.75) is 6.54 Å². The number of ether oxygens (including phenoxy) is 1. The summed E-state index contributed by atoms with van der Waals surface area (Å²) in [6.45, 7) is 4.44. The summed E-state index contributed by atoms with van der Waals surface area (Å²) >= 11 is 0. The SMILES string of the molecule is COc1ccccc1N1CCN(CCn2c(=O)[nH]c3c4ccc(o4)c3c2=O)CC1. The lowest BCUT2D eigenvalue weighted by Gasteiger charge is -2.36. The maximum Gasteiger partial charge on any atom is 0.328 e. The molecule has 4 aromatic rings. The predicted molar refractivity (Wildman–Crippen MR) is 111 cm³/mol. The highest BCUT2D eigenvalue weighted by atomic mass is 16.5. The molecule has 0 saturated carbocycles. The number of hydrogen-bond acceptors (Lipinski definition) is 6. The fourth-order valence-corrected chi connectivity index (χ4v) is 4.14. The van der Waals surface area contributed by atoms with Gasteiger partial charge in [0.2, 0.25) is 0 Å². The van der Waals surface area contributed by atoms with Gasteiger partial charge in [0.25, 0.3) is 5.56 Å². The Labute approximate surface area is 166 Å². The van der Waals surface area contributed by atoms with Crippen LogP contribution >= 0.6 is 0 Å². The Hall–Kier alpha value is -3.26. The molecule has 4 heterocycles. The van der Waals surface area contributed by atoms with Gasteiger partial charge in [-0.1, -0.05) is 12.1 Å². The molecule has 2 bridgehead atoms. The van der Waals surface area contributed by atoms with Crippen LogP contribution in [0.15, 0.2) is 50.4 Å². The summed E-state index contributed by atoms with van der Waals surface area (Å²) in [5.74, 6) is 0.873. The van der Waals surface area contributed by atoms with Gasteiger partial charge in [-0.25, -0.2) is 4.79 Å². The molecular weight excluding hydrogens is 372 g/mol. The van der Waals surface area contributed by atoms with Gasteiger partial charge in [0, 0.05) is 39.3 Å². The van der Waals surface area contributed by atoms with E-state index >= 15 is 0 Å². The third-order valence-corrected chi connectivity index (χ3v) is 5.72. The van der Waals surface area contributed by atoms with Crippen molar-refractivity contribution in [3.05, 3.63) is 57.2 Å². The summed E-state index contributed by atoms with van der Waals surface area (Å²) in [4.78, 5) is 32.6. The molecule has 8 heteroatoms. The number of fused-ring (bicyclic) bond motifs is 5. The van der Waals surface area contributed by atoms with E-state index in [4.69, 9.17) is 9.15 Å². The van der Waals surface area contributed by atoms with E-state index in [0.29, 0.717) is 35.2 Å². The van der Waals surface area contributed by atoms with Crippen molar-refractivity contribution in [1.82, 2.24) is 14.5 Å². The molecule has 0 atom stereocenters. The van der Waals surface area contributed by atoms with Gasteiger partial charge in [-0.15, -0.1) is 0 Å². The van der Waals surface area contributed by atoms with Crippen LogP contribution in [-0.2, 0) is 6.54 Å². The lowest BCUT2D eigenvalue weighted by molar-refractivity contribution is 0.245. The number of nitrogens with one attached hydrogen (secondary N) is 1. The van der Waals surface area contributed by atoms with Crippen LogP contribution in [0.25, 0.3) is 22.1 Å². The smallest absolute Gasteiger partial charge is 0.328 e. The molecule has 0 amide bonds. The third kappa shape index (κ3) is 2.96. The molecule has 1 aromatic carbocycles. The highest BCUT2D eigenvalue weighted by Crippen LogP contribution is 2.28. The maximum atomic E-state index is 12.8. The van der Waals surface area contributed by atoms with Crippen molar-refractivity contribution in [2.75, 3.05) is 44.7 Å². The van der Waals surface area contributed by atoms with Gasteiger partial charge in [0.05, 0.1) is 12.8 Å². The highest BCUT2D eigenvalue weighted by molar-refractivity contribution is 6.03. The first-order chi connectivity index (χ1) is 14.2. The second-order valence-corrected chi connectivity index (χ2v) is 7.30. The summed E-state index contributed by atoms with van der Waals surface area (Å²) in [7, 11) is 1.68. The first kappa shape index (κ1) is 17.8. The Balaban J connectivity index is 1.28. The number of furan rings is 2. The van der Waals surface area contributed by atoms with Gasteiger partial charge >= 0.3 is 5.69 Å². The number of nitrogens with zero attached hydrogens (tertiary/aromatic N) is 3. The number of H-pyrrole nitrogens is 1. The molecule has 29 heavy (non-hydrogen) atoms. The molecule has 1 aliphatic heterocycles. The fraction of sp³-hybridized carbons (Fsp3) is 0.333. The van der Waals surface area contributed by atoms with Crippen molar-refractivity contribution in [2.24, 2.45) is 0 Å². The standard InChI is InChI=1S/C21H22N4O4/c1-28-15-5-3-2-4-14(15)24-11-8-23(9-12-24)10-13-25-20(26)18-16-6-7-17(29-16)19(18)22-21(25)27/h2-7H,8-13H2,1H3,(H,22,27). The lowest BCUT2D eigenvalue weighted by Crippen LogP contribution is -2.48. The molecule has 1 saturated heterocycles. The summed E-state index contributed by atoms with van der Waals surface area (Å²) < 4.78 is 12.3. The van der Waals surface area contributed by atoms with E-state index in [2.05, 4.69) is 20.9 Å². The highest BCUT2D eigenvalue weighted by Gasteiger charge is 2.21. The molecule has 3 aromatic heterocycles. The van der Waals surface area contributed by atoms with E-state index < -0.39 is 0 Å². The predicted octanol–water partition coefficient (Wildman–Crippen LogP) is 1.70. The summed E-state index contributed by atoms with van der Waals surface area (Å²) in [6.07, 6.45) is 0. The molecule has 0 spiro atoms. The van der Waals surface area contributed by atoms with E-state index in [-0.39, 0.29) is 11.2 Å². The zero-order chi connectivity index (χ0) is 20.0. The molecule has 1 N–H and O–H groups in total. The Kier molecular flexibility index (Phi) is 4.28. The van der Waals surface area contributed by atoms with Crippen molar-refractivity contribution >= 4 is 27.8 Å². The molecule has 0 radical (unpaired) electrons. The van der Waals surface area contributed by atoms with Crippen molar-refractivity contribution in [3.63, 3.8) is 0 Å². The van der Waals surface area contributed by atoms with Crippen molar-refractivity contribution in [3.8, 4) is 5.75 Å². The fourth-order valence-electron chi connectivity index (χ4n) is 4.14. The lowest BCUT2D eigenvalue weighted by atomic mass is 10.2. The molecule has 0 aliphatic carbocycles. The molecule has 8 nitrogen and oxygen atoms in total. The number of para-hydroxylation sites is 2. The van der Waals surface area contributed by atoms with Gasteiger partial charge in [-0.2, -0.15) is 0 Å². The van der Waals surface area contributed by atoms with Crippen LogP contribution < -0.4 is 20.9 Å². The van der Waals surface area contributed by atoms with Crippen LogP contribution in [0.4, 0.5) is 5.69 Å². The van der Waals surface area contributed by atoms with E-state index in [1.807, 2.05) is 18.2 Å². The minimum atomic E-state index is -0.390. The molecule has 150 valence electrons. The normalized spacial score (nSPS) is 15.6. The minimum absolute atomic E-state index is 0.286. The molecule has 0 unspecified atom stereocenters. The maximum absolute atomic E-state index is 12.8. The average molecular weight is 394 g/mol. The molecule has 1 aliphatic rings. The molecular formula is C21H22N4O4. The number of benzene rings is 2. The largest absolute Gasteiger partial charge is 0.495 e. The van der Waals surface area contributed by atoms with E-state index in [9.17, 15) is 9.59 Å². The van der Waals surface area contributed by atoms with E-state index in [1.54, 1.807) is 19.2 Å². The summed E-state index contributed by atoms with van der Waals surface area (Å²) in [6, 6.07) is 11.5. The van der Waals surface area contributed by atoms with Crippen LogP contribution in [0.1, 0.15) is 0 Å². The quantitative estimate of drug-likeness (QED) is 0.555. The number of aromatic amines is 1. The number of hydrogen-bond donors (Lipinski definition) is 1. The van der Waals surface area contributed by atoms with Crippen LogP contribution in [-0.4, -0.2) is 54.3 Å². The first-order valence-electron chi connectivity index (χ1n) is 9.74. The monoisotopic (exact) mass is 394 g/mol. The summed E-state index contributed by atoms with van der Waals surface area (Å²) in [5.41, 5.74) is 1.99. The topological polar surface area (TPSA) is 83.7 Å². The summed E-state index contributed by atoms with van der Waals surface area (Å²) in [5, 5.41) is 0.461. The Morgan fingerprint density at radius 1 is 1.00 bits per heavy atom. The third-order valence-electron chi connectivity index (χ3n) is 5.72. The Morgan fingerprint density at radius 3 is 2.55 bits per heavy atom. The number of piperazine rings is 1. The molecule has 1 fully saturated rings. The Morgan fingerprint density at radius 2 is 1.76 bits per heavy atom. The second kappa shape index (κ2) is 6.97. The van der Waals surface area contributed by atoms with Crippen LogP contribution in [0.5, 0.6) is 5.75 Å². The van der Waals surface area contributed by atoms with Gasteiger partial charge in [0.15, 0.2) is 5.58 Å². The van der Waals surface area contributed by atoms with Gasteiger partial charge < -0.3 is 19.0 Å². The van der Waals surface area contributed by atoms with Gasteiger partial charge in [-0.05, 0) is 24.3 Å². The zero-order valence-electron chi connectivity index (χ0n) is 16.2. The van der Waals surface area contributed by atoms with Crippen molar-refractivity contribution < 1.29 is 9.15 Å². The Bertz CT molecular complexity index is 1260. The van der Waals surface area contributed by atoms with Crippen LogP contribution in [0, 0.1) is 0 Å². The zero-order valence-corrected chi connectivity index (χ0v) is 16.2. The van der Waals surface area contributed by atoms with Crippen LogP contribution in [0.3, 0.4) is 0 Å². The average Bonchev–Trinajstić information content (AvgIpc) is 3.36. The van der Waals surface area contributed by atoms with E-state index in [1.165, 1.54) is 4.57 Å². The second-order valence-electron chi connectivity index (χ2n) is 7.30. The molecule has 5 rings (SSSR count).